The molecule has 0 spiro atoms. The summed E-state index contributed by atoms with van der Waals surface area (Å²) in [4.78, 5) is 29.8. The number of methoxy groups -OCH3 is 1. The Kier molecular flexibility index (Phi) is 7.42. The standard InChI is InChI=1S/C25H26IN3O4/c1-16(25(31)32-2)33-22-13-12-17(14-20(22)26)15-27-29-23(18-8-4-3-5-9-18)28-21-11-7-6-10-19(21)24(29)30/h6-7,10-16,18H,3-5,8-9H2,1-2H3/t16-/m1/s1. The van der Waals surface area contributed by atoms with Gasteiger partial charge in [0.15, 0.2) is 6.10 Å². The molecule has 1 atom stereocenters. The predicted octanol–water partition coefficient (Wildman–Crippen LogP) is 4.87. The van der Waals surface area contributed by atoms with Gasteiger partial charge in [0.2, 0.25) is 0 Å². The van der Waals surface area contributed by atoms with Gasteiger partial charge in [-0.2, -0.15) is 9.78 Å². The molecule has 7 nitrogen and oxygen atoms in total. The van der Waals surface area contributed by atoms with Crippen molar-refractivity contribution in [3.05, 3.63) is 67.8 Å². The first kappa shape index (κ1) is 23.4. The van der Waals surface area contributed by atoms with Crippen molar-refractivity contribution in [2.45, 2.75) is 51.0 Å². The van der Waals surface area contributed by atoms with Gasteiger partial charge in [-0.25, -0.2) is 9.78 Å². The van der Waals surface area contributed by atoms with Crippen LogP contribution >= 0.6 is 22.6 Å². The maximum atomic E-state index is 13.3. The quantitative estimate of drug-likeness (QED) is 0.245. The van der Waals surface area contributed by atoms with Crippen LogP contribution in [0, 0.1) is 3.57 Å². The summed E-state index contributed by atoms with van der Waals surface area (Å²) in [5.74, 6) is 1.10. The summed E-state index contributed by atoms with van der Waals surface area (Å²) in [6.45, 7) is 1.64. The third kappa shape index (κ3) is 5.26. The molecule has 1 aromatic heterocycles. The molecule has 0 aliphatic heterocycles. The Labute approximate surface area is 206 Å². The molecule has 0 N–H and O–H groups in total. The summed E-state index contributed by atoms with van der Waals surface area (Å²) in [5, 5.41) is 5.13. The number of fused-ring (bicyclic) bond motifs is 1. The number of carbonyl (C=O) groups is 1. The minimum atomic E-state index is -0.705. The van der Waals surface area contributed by atoms with Gasteiger partial charge >= 0.3 is 5.97 Å². The Balaban J connectivity index is 1.67. The van der Waals surface area contributed by atoms with Crippen molar-refractivity contribution in [2.24, 2.45) is 5.10 Å². The fourth-order valence-electron chi connectivity index (χ4n) is 4.10. The van der Waals surface area contributed by atoms with Crippen molar-refractivity contribution >= 4 is 45.7 Å². The topological polar surface area (TPSA) is 82.8 Å². The van der Waals surface area contributed by atoms with E-state index in [0.29, 0.717) is 16.7 Å². The van der Waals surface area contributed by atoms with Crippen LogP contribution in [0.2, 0.25) is 0 Å². The highest BCUT2D eigenvalue weighted by molar-refractivity contribution is 14.1. The SMILES string of the molecule is COC(=O)[C@@H](C)Oc1ccc(C=Nn2c(C3CCCCC3)nc3ccccc3c2=O)cc1I. The highest BCUT2D eigenvalue weighted by Crippen LogP contribution is 2.31. The third-order valence-corrected chi connectivity index (χ3v) is 6.71. The second-order valence-electron chi connectivity index (χ2n) is 8.16. The normalized spacial score (nSPS) is 15.6. The van der Waals surface area contributed by atoms with Crippen molar-refractivity contribution in [3.8, 4) is 5.75 Å². The van der Waals surface area contributed by atoms with Crippen LogP contribution in [-0.4, -0.2) is 35.1 Å². The van der Waals surface area contributed by atoms with Crippen LogP contribution in [0.1, 0.15) is 56.3 Å². The van der Waals surface area contributed by atoms with Crippen molar-refractivity contribution in [1.29, 1.82) is 0 Å². The van der Waals surface area contributed by atoms with Crippen molar-refractivity contribution in [3.63, 3.8) is 0 Å². The van der Waals surface area contributed by atoms with E-state index in [1.807, 2.05) is 30.3 Å². The van der Waals surface area contributed by atoms with Gasteiger partial charge in [0.25, 0.3) is 5.56 Å². The molecule has 0 radical (unpaired) electrons. The van der Waals surface area contributed by atoms with E-state index >= 15 is 0 Å². The molecule has 1 saturated carbocycles. The third-order valence-electron chi connectivity index (χ3n) is 5.86. The van der Waals surface area contributed by atoms with Crippen molar-refractivity contribution in [2.75, 3.05) is 7.11 Å². The molecule has 33 heavy (non-hydrogen) atoms. The number of carbonyl (C=O) groups excluding carboxylic acids is 1. The van der Waals surface area contributed by atoms with Gasteiger partial charge in [0.05, 0.1) is 27.8 Å². The average molecular weight is 559 g/mol. The van der Waals surface area contributed by atoms with Crippen LogP contribution in [-0.2, 0) is 9.53 Å². The Morgan fingerprint density at radius 3 is 2.70 bits per heavy atom. The average Bonchev–Trinajstić information content (AvgIpc) is 2.84. The summed E-state index contributed by atoms with van der Waals surface area (Å²) in [7, 11) is 1.33. The largest absolute Gasteiger partial charge is 0.478 e. The van der Waals surface area contributed by atoms with Crippen LogP contribution in [0.5, 0.6) is 5.75 Å². The molecule has 0 bridgehead atoms. The van der Waals surface area contributed by atoms with E-state index in [0.717, 1.165) is 40.6 Å². The second-order valence-corrected chi connectivity index (χ2v) is 9.32. The van der Waals surface area contributed by atoms with Gasteiger partial charge in [-0.15, -0.1) is 0 Å². The number of halogens is 1. The Bertz CT molecular complexity index is 1250. The summed E-state index contributed by atoms with van der Waals surface area (Å²) in [6, 6.07) is 12.9. The summed E-state index contributed by atoms with van der Waals surface area (Å²) < 4.78 is 12.7. The van der Waals surface area contributed by atoms with Crippen LogP contribution in [0.25, 0.3) is 10.9 Å². The van der Waals surface area contributed by atoms with Crippen LogP contribution < -0.4 is 10.3 Å². The zero-order valence-electron chi connectivity index (χ0n) is 18.7. The molecular formula is C25H26IN3O4. The first-order valence-corrected chi connectivity index (χ1v) is 12.2. The Hall–Kier alpha value is -2.75. The van der Waals surface area contributed by atoms with Gasteiger partial charge < -0.3 is 9.47 Å². The Morgan fingerprint density at radius 1 is 1.21 bits per heavy atom. The maximum Gasteiger partial charge on any atom is 0.346 e. The molecule has 8 heteroatoms. The summed E-state index contributed by atoms with van der Waals surface area (Å²) in [6.07, 6.45) is 6.49. The fraction of sp³-hybridized carbons (Fsp3) is 0.360. The van der Waals surface area contributed by atoms with Crippen LogP contribution in [0.3, 0.4) is 0 Å². The first-order valence-electron chi connectivity index (χ1n) is 11.1. The smallest absolute Gasteiger partial charge is 0.346 e. The van der Waals surface area contributed by atoms with Crippen LogP contribution in [0.4, 0.5) is 0 Å². The molecule has 0 amide bonds. The van der Waals surface area contributed by atoms with Crippen LogP contribution in [0.15, 0.2) is 52.4 Å². The molecule has 3 aromatic rings. The molecule has 1 aliphatic rings. The highest BCUT2D eigenvalue weighted by Gasteiger charge is 2.22. The lowest BCUT2D eigenvalue weighted by atomic mass is 9.88. The maximum absolute atomic E-state index is 13.3. The lowest BCUT2D eigenvalue weighted by Gasteiger charge is -2.22. The number of aromatic nitrogens is 2. The molecule has 4 rings (SSSR count). The van der Waals surface area contributed by atoms with E-state index in [-0.39, 0.29) is 11.5 Å². The lowest BCUT2D eigenvalue weighted by molar-refractivity contribution is -0.147. The second kappa shape index (κ2) is 10.5. The molecule has 1 aliphatic carbocycles. The minimum absolute atomic E-state index is 0.154. The molecule has 1 fully saturated rings. The predicted molar refractivity (Wildman–Crippen MR) is 136 cm³/mol. The number of para-hydroxylation sites is 1. The van der Waals surface area contributed by atoms with Gasteiger partial charge in [-0.1, -0.05) is 31.4 Å². The molecule has 172 valence electrons. The highest BCUT2D eigenvalue weighted by atomic mass is 127. The zero-order valence-corrected chi connectivity index (χ0v) is 20.8. The van der Waals surface area contributed by atoms with E-state index in [2.05, 4.69) is 27.7 Å². The zero-order chi connectivity index (χ0) is 23.4. The number of nitrogens with zero attached hydrogens (tertiary/aromatic N) is 3. The van der Waals surface area contributed by atoms with E-state index in [1.165, 1.54) is 18.2 Å². The van der Waals surface area contributed by atoms with E-state index in [1.54, 1.807) is 25.3 Å². The number of esters is 1. The van der Waals surface area contributed by atoms with Crippen molar-refractivity contribution < 1.29 is 14.3 Å². The number of benzene rings is 2. The monoisotopic (exact) mass is 559 g/mol. The minimum Gasteiger partial charge on any atom is -0.478 e. The van der Waals surface area contributed by atoms with Gasteiger partial charge in [0, 0.05) is 5.92 Å². The molecular weight excluding hydrogens is 533 g/mol. The first-order chi connectivity index (χ1) is 16.0. The van der Waals surface area contributed by atoms with Crippen molar-refractivity contribution in [1.82, 2.24) is 9.66 Å². The molecule has 1 heterocycles. The Morgan fingerprint density at radius 2 is 1.97 bits per heavy atom. The molecule has 0 unspecified atom stereocenters. The summed E-state index contributed by atoms with van der Waals surface area (Å²) in [5.41, 5.74) is 1.37. The van der Waals surface area contributed by atoms with Gasteiger partial charge in [0.1, 0.15) is 11.6 Å². The van der Waals surface area contributed by atoms with E-state index in [9.17, 15) is 9.59 Å². The molecule has 2 aromatic carbocycles. The van der Waals surface area contributed by atoms with E-state index in [4.69, 9.17) is 14.5 Å². The van der Waals surface area contributed by atoms with E-state index < -0.39 is 12.1 Å². The number of hydrogen-bond acceptors (Lipinski definition) is 6. The number of hydrogen-bond donors (Lipinski definition) is 0. The number of rotatable bonds is 6. The van der Waals surface area contributed by atoms with Gasteiger partial charge in [-0.05, 0) is 78.3 Å². The molecule has 0 saturated heterocycles. The van der Waals surface area contributed by atoms with Gasteiger partial charge in [-0.3, -0.25) is 4.79 Å². The fourth-order valence-corrected chi connectivity index (χ4v) is 4.77. The number of ether oxygens (including phenoxy) is 2. The lowest BCUT2D eigenvalue weighted by Crippen LogP contribution is -2.25. The summed E-state index contributed by atoms with van der Waals surface area (Å²) >= 11 is 2.15.